The summed E-state index contributed by atoms with van der Waals surface area (Å²) < 4.78 is 5.07. The summed E-state index contributed by atoms with van der Waals surface area (Å²) >= 11 is 0. The van der Waals surface area contributed by atoms with Gasteiger partial charge in [-0.25, -0.2) is 4.79 Å². The number of nitrogens with one attached hydrogen (secondary N) is 1. The van der Waals surface area contributed by atoms with E-state index < -0.39 is 24.5 Å². The van der Waals surface area contributed by atoms with E-state index in [9.17, 15) is 19.2 Å². The zero-order valence-electron chi connectivity index (χ0n) is 16.3. The fourth-order valence-corrected chi connectivity index (χ4v) is 3.53. The molecule has 2 aromatic carbocycles. The molecule has 2 aliphatic rings. The van der Waals surface area contributed by atoms with Crippen molar-refractivity contribution < 1.29 is 29.0 Å². The number of hydrogen-bond donors (Lipinski definition) is 2. The van der Waals surface area contributed by atoms with Crippen molar-refractivity contribution in [2.45, 2.75) is 25.4 Å². The number of benzene rings is 2. The van der Waals surface area contributed by atoms with Crippen LogP contribution in [0.25, 0.3) is 0 Å². The first-order chi connectivity index (χ1) is 14.9. The molecule has 1 fully saturated rings. The van der Waals surface area contributed by atoms with Gasteiger partial charge in [-0.3, -0.25) is 19.7 Å². The minimum atomic E-state index is -1.07. The Morgan fingerprint density at radius 2 is 1.90 bits per heavy atom. The lowest BCUT2D eigenvalue weighted by Gasteiger charge is -2.29. The van der Waals surface area contributed by atoms with E-state index in [0.29, 0.717) is 28.3 Å². The molecule has 1 saturated heterocycles. The number of hydrogen-bond acceptors (Lipinski definition) is 7. The molecule has 0 aromatic heterocycles. The Morgan fingerprint density at radius 3 is 2.61 bits per heavy atom. The average Bonchev–Trinajstić information content (AvgIpc) is 3.08. The van der Waals surface area contributed by atoms with E-state index >= 15 is 0 Å². The van der Waals surface area contributed by atoms with Gasteiger partial charge in [-0.15, -0.1) is 0 Å². The molecule has 4 rings (SSSR count). The summed E-state index contributed by atoms with van der Waals surface area (Å²) in [5.41, 5.74) is 2.15. The second-order valence-corrected chi connectivity index (χ2v) is 7.08. The third-order valence-electron chi connectivity index (χ3n) is 5.03. The van der Waals surface area contributed by atoms with Crippen molar-refractivity contribution in [2.75, 3.05) is 6.61 Å². The standard InChI is InChI=1S/C21H18N4O6/c26-18-9-8-17(20(29)22-18)25-10-15-14(21(25)30)2-1-3-16(15)24-23-12-4-6-13(7-5-12)31-11-19(27)28/h1-7,17H,8-11H2,(H,27,28)(H,22,26,29)/b24-23+. The molecule has 3 amide bonds. The van der Waals surface area contributed by atoms with Crippen molar-refractivity contribution in [3.63, 3.8) is 0 Å². The van der Waals surface area contributed by atoms with Gasteiger partial charge in [-0.1, -0.05) is 6.07 Å². The van der Waals surface area contributed by atoms with Crippen LogP contribution < -0.4 is 10.1 Å². The summed E-state index contributed by atoms with van der Waals surface area (Å²) in [6.45, 7) is -0.230. The number of carbonyl (C=O) groups is 4. The SMILES string of the molecule is O=C(O)COc1ccc(/N=N/c2cccc3c2CN(C2CCC(=O)NC2=O)C3=O)cc1. The number of rotatable bonds is 6. The Hall–Kier alpha value is -4.08. The van der Waals surface area contributed by atoms with Crippen molar-refractivity contribution >= 4 is 35.1 Å². The largest absolute Gasteiger partial charge is 0.482 e. The number of amides is 3. The summed E-state index contributed by atoms with van der Waals surface area (Å²) in [6.07, 6.45) is 0.479. The second-order valence-electron chi connectivity index (χ2n) is 7.08. The van der Waals surface area contributed by atoms with Gasteiger partial charge in [-0.05, 0) is 42.8 Å². The highest BCUT2D eigenvalue weighted by Crippen LogP contribution is 2.34. The molecule has 2 heterocycles. The molecule has 10 nitrogen and oxygen atoms in total. The molecule has 10 heteroatoms. The molecule has 0 saturated carbocycles. The van der Waals surface area contributed by atoms with Gasteiger partial charge in [0.15, 0.2) is 6.61 Å². The normalized spacial score (nSPS) is 18.3. The highest BCUT2D eigenvalue weighted by atomic mass is 16.5. The Kier molecular flexibility index (Phi) is 5.44. The smallest absolute Gasteiger partial charge is 0.341 e. The van der Waals surface area contributed by atoms with E-state index in [2.05, 4.69) is 15.5 Å². The highest BCUT2D eigenvalue weighted by Gasteiger charge is 2.39. The molecule has 2 N–H and O–H groups in total. The van der Waals surface area contributed by atoms with Crippen molar-refractivity contribution in [2.24, 2.45) is 10.2 Å². The van der Waals surface area contributed by atoms with E-state index in [1.807, 2.05) is 0 Å². The number of piperidine rings is 1. The number of azo groups is 1. The van der Waals surface area contributed by atoms with Crippen LogP contribution in [0.15, 0.2) is 52.7 Å². The number of fused-ring (bicyclic) bond motifs is 1. The molecule has 1 unspecified atom stereocenters. The number of carboxylic acid groups (broad SMARTS) is 1. The van der Waals surface area contributed by atoms with Gasteiger partial charge in [0.2, 0.25) is 11.8 Å². The predicted molar refractivity (Wildman–Crippen MR) is 106 cm³/mol. The molecular weight excluding hydrogens is 404 g/mol. The van der Waals surface area contributed by atoms with Crippen LogP contribution in [0.2, 0.25) is 0 Å². The molecular formula is C21H18N4O6. The third-order valence-corrected chi connectivity index (χ3v) is 5.03. The van der Waals surface area contributed by atoms with Gasteiger partial charge in [0.25, 0.3) is 5.91 Å². The van der Waals surface area contributed by atoms with Gasteiger partial charge in [0, 0.05) is 24.1 Å². The monoisotopic (exact) mass is 422 g/mol. The summed E-state index contributed by atoms with van der Waals surface area (Å²) in [5, 5.41) is 19.3. The lowest BCUT2D eigenvalue weighted by atomic mass is 10.0. The molecule has 31 heavy (non-hydrogen) atoms. The van der Waals surface area contributed by atoms with Crippen LogP contribution in [0.1, 0.15) is 28.8 Å². The molecule has 0 spiro atoms. The summed E-state index contributed by atoms with van der Waals surface area (Å²) in [5.74, 6) is -1.75. The van der Waals surface area contributed by atoms with Crippen LogP contribution in [-0.4, -0.2) is 46.3 Å². The molecule has 0 radical (unpaired) electrons. The van der Waals surface area contributed by atoms with Gasteiger partial charge < -0.3 is 14.7 Å². The Balaban J connectivity index is 1.50. The van der Waals surface area contributed by atoms with Crippen molar-refractivity contribution in [1.29, 1.82) is 0 Å². The Labute approximate surface area is 176 Å². The zero-order valence-corrected chi connectivity index (χ0v) is 16.3. The summed E-state index contributed by atoms with van der Waals surface area (Å²) in [4.78, 5) is 48.4. The lowest BCUT2D eigenvalue weighted by molar-refractivity contribution is -0.139. The minimum absolute atomic E-state index is 0.190. The Bertz CT molecular complexity index is 1100. The molecule has 2 aromatic rings. The first kappa shape index (κ1) is 20.2. The quantitative estimate of drug-likeness (QED) is 0.541. The van der Waals surface area contributed by atoms with E-state index in [4.69, 9.17) is 9.84 Å². The molecule has 1 atom stereocenters. The number of nitrogens with zero attached hydrogens (tertiary/aromatic N) is 3. The maximum Gasteiger partial charge on any atom is 0.341 e. The van der Waals surface area contributed by atoms with Crippen LogP contribution in [0, 0.1) is 0 Å². The molecule has 2 aliphatic heterocycles. The van der Waals surface area contributed by atoms with Gasteiger partial charge in [0.1, 0.15) is 11.8 Å². The predicted octanol–water partition coefficient (Wildman–Crippen LogP) is 2.33. The minimum Gasteiger partial charge on any atom is -0.482 e. The molecule has 0 bridgehead atoms. The van der Waals surface area contributed by atoms with Crippen LogP contribution >= 0.6 is 0 Å². The van der Waals surface area contributed by atoms with Gasteiger partial charge in [0.05, 0.1) is 11.4 Å². The van der Waals surface area contributed by atoms with E-state index in [1.54, 1.807) is 42.5 Å². The summed E-state index contributed by atoms with van der Waals surface area (Å²) in [7, 11) is 0. The van der Waals surface area contributed by atoms with Crippen molar-refractivity contribution in [3.8, 4) is 5.75 Å². The third kappa shape index (κ3) is 4.27. The van der Waals surface area contributed by atoms with E-state index in [0.717, 1.165) is 0 Å². The van der Waals surface area contributed by atoms with Crippen molar-refractivity contribution in [1.82, 2.24) is 10.2 Å². The zero-order chi connectivity index (χ0) is 22.0. The molecule has 158 valence electrons. The fourth-order valence-electron chi connectivity index (χ4n) is 3.53. The van der Waals surface area contributed by atoms with Crippen molar-refractivity contribution in [3.05, 3.63) is 53.6 Å². The van der Waals surface area contributed by atoms with Gasteiger partial charge in [-0.2, -0.15) is 10.2 Å². The first-order valence-electron chi connectivity index (χ1n) is 9.55. The van der Waals surface area contributed by atoms with Crippen LogP contribution in [0.3, 0.4) is 0 Å². The lowest BCUT2D eigenvalue weighted by Crippen LogP contribution is -2.52. The number of aliphatic carboxylic acids is 1. The summed E-state index contributed by atoms with van der Waals surface area (Å²) in [6, 6.07) is 10.8. The Morgan fingerprint density at radius 1 is 1.13 bits per heavy atom. The number of ether oxygens (including phenoxy) is 1. The number of carbonyl (C=O) groups excluding carboxylic acids is 3. The highest BCUT2D eigenvalue weighted by molar-refractivity contribution is 6.06. The number of carboxylic acids is 1. The van der Waals surface area contributed by atoms with Crippen LogP contribution in [0.4, 0.5) is 11.4 Å². The van der Waals surface area contributed by atoms with Crippen LogP contribution in [0.5, 0.6) is 5.75 Å². The molecule has 0 aliphatic carbocycles. The van der Waals surface area contributed by atoms with Crippen LogP contribution in [-0.2, 0) is 20.9 Å². The number of imide groups is 1. The topological polar surface area (TPSA) is 138 Å². The first-order valence-corrected chi connectivity index (χ1v) is 9.55. The van der Waals surface area contributed by atoms with Gasteiger partial charge >= 0.3 is 5.97 Å². The maximum absolute atomic E-state index is 12.8. The van der Waals surface area contributed by atoms with E-state index in [-0.39, 0.29) is 31.2 Å². The fraction of sp³-hybridized carbons (Fsp3) is 0.238. The average molecular weight is 422 g/mol. The second kappa shape index (κ2) is 8.34. The maximum atomic E-state index is 12.8. The van der Waals surface area contributed by atoms with E-state index in [1.165, 1.54) is 4.90 Å².